The van der Waals surface area contributed by atoms with Gasteiger partial charge in [-0.3, -0.25) is 0 Å². The minimum Gasteiger partial charge on any atom is -0.340 e. The molecule has 0 amide bonds. The van der Waals surface area contributed by atoms with Gasteiger partial charge in [0.1, 0.15) is 11.6 Å². The molecule has 19 heavy (non-hydrogen) atoms. The molecule has 2 rings (SSSR count). The molecule has 0 bridgehead atoms. The lowest BCUT2D eigenvalue weighted by atomic mass is 10.0. The van der Waals surface area contributed by atoms with Gasteiger partial charge in [-0.2, -0.15) is 0 Å². The molecule has 0 atom stereocenters. The van der Waals surface area contributed by atoms with Crippen LogP contribution in [0.15, 0.2) is 24.4 Å². The molecule has 0 aliphatic rings. The van der Waals surface area contributed by atoms with Crippen molar-refractivity contribution in [2.45, 2.75) is 27.2 Å². The van der Waals surface area contributed by atoms with Crippen molar-refractivity contribution in [3.05, 3.63) is 46.9 Å². The van der Waals surface area contributed by atoms with Gasteiger partial charge in [-0.25, -0.2) is 9.97 Å². The Morgan fingerprint density at radius 2 is 1.89 bits per heavy atom. The SMILES string of the molecule is Cc1ccc(Nc2ccnc(CCN)n2)c(C)c1C. The lowest BCUT2D eigenvalue weighted by Crippen LogP contribution is -2.07. The van der Waals surface area contributed by atoms with E-state index in [9.17, 15) is 0 Å². The summed E-state index contributed by atoms with van der Waals surface area (Å²) < 4.78 is 0. The molecule has 0 saturated carbocycles. The van der Waals surface area contributed by atoms with Crippen LogP contribution in [0.2, 0.25) is 0 Å². The highest BCUT2D eigenvalue weighted by Gasteiger charge is 2.05. The predicted molar refractivity (Wildman–Crippen MR) is 78.7 cm³/mol. The first-order chi connectivity index (χ1) is 9.11. The molecule has 100 valence electrons. The van der Waals surface area contributed by atoms with Crippen molar-refractivity contribution in [2.24, 2.45) is 5.73 Å². The van der Waals surface area contributed by atoms with E-state index < -0.39 is 0 Å². The van der Waals surface area contributed by atoms with E-state index in [2.05, 4.69) is 48.2 Å². The van der Waals surface area contributed by atoms with Crippen LogP contribution >= 0.6 is 0 Å². The molecule has 0 fully saturated rings. The second-order valence-electron chi connectivity index (χ2n) is 4.70. The van der Waals surface area contributed by atoms with E-state index in [0.29, 0.717) is 13.0 Å². The van der Waals surface area contributed by atoms with Crippen molar-refractivity contribution in [3.63, 3.8) is 0 Å². The highest BCUT2D eigenvalue weighted by Crippen LogP contribution is 2.24. The summed E-state index contributed by atoms with van der Waals surface area (Å²) in [5, 5.41) is 3.35. The summed E-state index contributed by atoms with van der Waals surface area (Å²) in [4.78, 5) is 8.64. The summed E-state index contributed by atoms with van der Waals surface area (Å²) in [5.74, 6) is 1.58. The van der Waals surface area contributed by atoms with Crippen molar-refractivity contribution in [2.75, 3.05) is 11.9 Å². The van der Waals surface area contributed by atoms with Crippen LogP contribution in [-0.2, 0) is 6.42 Å². The van der Waals surface area contributed by atoms with Gasteiger partial charge in [0.05, 0.1) is 0 Å². The van der Waals surface area contributed by atoms with Crippen LogP contribution in [0, 0.1) is 20.8 Å². The van der Waals surface area contributed by atoms with E-state index in [1.54, 1.807) is 6.20 Å². The van der Waals surface area contributed by atoms with Gasteiger partial charge in [0.25, 0.3) is 0 Å². The smallest absolute Gasteiger partial charge is 0.134 e. The van der Waals surface area contributed by atoms with E-state index >= 15 is 0 Å². The monoisotopic (exact) mass is 256 g/mol. The summed E-state index contributed by atoms with van der Waals surface area (Å²) in [7, 11) is 0. The maximum absolute atomic E-state index is 5.52. The Kier molecular flexibility index (Phi) is 4.12. The number of hydrogen-bond donors (Lipinski definition) is 2. The van der Waals surface area contributed by atoms with Crippen molar-refractivity contribution in [3.8, 4) is 0 Å². The molecular weight excluding hydrogens is 236 g/mol. The zero-order valence-electron chi connectivity index (χ0n) is 11.7. The Morgan fingerprint density at radius 1 is 1.11 bits per heavy atom. The van der Waals surface area contributed by atoms with E-state index in [1.165, 1.54) is 16.7 Å². The van der Waals surface area contributed by atoms with Crippen LogP contribution in [0.4, 0.5) is 11.5 Å². The number of anilines is 2. The Balaban J connectivity index is 2.26. The maximum Gasteiger partial charge on any atom is 0.134 e. The third-order valence-corrected chi connectivity index (χ3v) is 3.39. The van der Waals surface area contributed by atoms with E-state index in [-0.39, 0.29) is 0 Å². The molecule has 1 aromatic carbocycles. The number of nitrogens with two attached hydrogens (primary N) is 1. The Hall–Kier alpha value is -1.94. The summed E-state index contributed by atoms with van der Waals surface area (Å²) in [5.41, 5.74) is 10.5. The average Bonchev–Trinajstić information content (AvgIpc) is 2.40. The van der Waals surface area contributed by atoms with Gasteiger partial charge in [-0.15, -0.1) is 0 Å². The minimum atomic E-state index is 0.562. The Bertz CT molecular complexity index is 578. The number of hydrogen-bond acceptors (Lipinski definition) is 4. The zero-order chi connectivity index (χ0) is 13.8. The van der Waals surface area contributed by atoms with Gasteiger partial charge in [-0.1, -0.05) is 6.07 Å². The van der Waals surface area contributed by atoms with Crippen LogP contribution < -0.4 is 11.1 Å². The average molecular weight is 256 g/mol. The standard InChI is InChI=1S/C15H20N4/c1-10-4-5-13(12(3)11(10)2)18-15-7-9-17-14(19-15)6-8-16/h4-5,7,9H,6,8,16H2,1-3H3,(H,17,18,19). The number of aromatic nitrogens is 2. The van der Waals surface area contributed by atoms with Gasteiger partial charge in [-0.05, 0) is 56.1 Å². The van der Waals surface area contributed by atoms with Crippen LogP contribution in [0.3, 0.4) is 0 Å². The van der Waals surface area contributed by atoms with Gasteiger partial charge < -0.3 is 11.1 Å². The molecule has 1 heterocycles. The second kappa shape index (κ2) is 5.80. The van der Waals surface area contributed by atoms with Gasteiger partial charge in [0.15, 0.2) is 0 Å². The van der Waals surface area contributed by atoms with Crippen molar-refractivity contribution in [1.82, 2.24) is 9.97 Å². The van der Waals surface area contributed by atoms with Crippen molar-refractivity contribution >= 4 is 11.5 Å². The fourth-order valence-corrected chi connectivity index (χ4v) is 1.95. The topological polar surface area (TPSA) is 63.8 Å². The van der Waals surface area contributed by atoms with Crippen LogP contribution in [-0.4, -0.2) is 16.5 Å². The molecular formula is C15H20N4. The van der Waals surface area contributed by atoms with Gasteiger partial charge in [0, 0.05) is 18.3 Å². The normalized spacial score (nSPS) is 10.5. The van der Waals surface area contributed by atoms with Gasteiger partial charge >= 0.3 is 0 Å². The van der Waals surface area contributed by atoms with Crippen LogP contribution in [0.5, 0.6) is 0 Å². The summed E-state index contributed by atoms with van der Waals surface area (Å²) >= 11 is 0. The first-order valence-corrected chi connectivity index (χ1v) is 6.47. The molecule has 0 spiro atoms. The fraction of sp³-hybridized carbons (Fsp3) is 0.333. The molecule has 0 unspecified atom stereocenters. The predicted octanol–water partition coefficient (Wildman–Crippen LogP) is 2.65. The third-order valence-electron chi connectivity index (χ3n) is 3.39. The lowest BCUT2D eigenvalue weighted by Gasteiger charge is -2.13. The zero-order valence-corrected chi connectivity index (χ0v) is 11.7. The molecule has 0 saturated heterocycles. The number of nitrogens with zero attached hydrogens (tertiary/aromatic N) is 2. The van der Waals surface area contributed by atoms with Crippen molar-refractivity contribution < 1.29 is 0 Å². The Labute approximate surface area is 114 Å². The largest absolute Gasteiger partial charge is 0.340 e. The molecule has 4 nitrogen and oxygen atoms in total. The molecule has 4 heteroatoms. The highest BCUT2D eigenvalue weighted by atomic mass is 15.0. The lowest BCUT2D eigenvalue weighted by molar-refractivity contribution is 0.869. The first kappa shape index (κ1) is 13.5. The number of nitrogens with one attached hydrogen (secondary N) is 1. The summed E-state index contributed by atoms with van der Waals surface area (Å²) in [6.45, 7) is 6.94. The van der Waals surface area contributed by atoms with Gasteiger partial charge in [0.2, 0.25) is 0 Å². The molecule has 3 N–H and O–H groups in total. The molecule has 0 aliphatic heterocycles. The molecule has 2 aromatic rings. The molecule has 0 radical (unpaired) electrons. The summed E-state index contributed by atoms with van der Waals surface area (Å²) in [6, 6.07) is 6.07. The molecule has 1 aromatic heterocycles. The number of aryl methyl sites for hydroxylation is 1. The van der Waals surface area contributed by atoms with Crippen LogP contribution in [0.25, 0.3) is 0 Å². The summed E-state index contributed by atoms with van der Waals surface area (Å²) in [6.07, 6.45) is 2.46. The molecule has 0 aliphatic carbocycles. The van der Waals surface area contributed by atoms with E-state index in [0.717, 1.165) is 17.3 Å². The first-order valence-electron chi connectivity index (χ1n) is 6.47. The third kappa shape index (κ3) is 3.09. The maximum atomic E-state index is 5.52. The number of rotatable bonds is 4. The van der Waals surface area contributed by atoms with Crippen molar-refractivity contribution in [1.29, 1.82) is 0 Å². The minimum absolute atomic E-state index is 0.562. The quantitative estimate of drug-likeness (QED) is 0.882. The highest BCUT2D eigenvalue weighted by molar-refractivity contribution is 5.63. The number of benzene rings is 1. The van der Waals surface area contributed by atoms with Crippen LogP contribution in [0.1, 0.15) is 22.5 Å². The Morgan fingerprint density at radius 3 is 2.63 bits per heavy atom. The second-order valence-corrected chi connectivity index (χ2v) is 4.70. The van der Waals surface area contributed by atoms with E-state index in [4.69, 9.17) is 5.73 Å². The van der Waals surface area contributed by atoms with E-state index in [1.807, 2.05) is 6.07 Å². The fourth-order valence-electron chi connectivity index (χ4n) is 1.95.